The highest BCUT2D eigenvalue weighted by molar-refractivity contribution is 5.79. The van der Waals surface area contributed by atoms with Crippen LogP contribution in [0.5, 0.6) is 5.75 Å². The van der Waals surface area contributed by atoms with E-state index >= 15 is 0 Å². The maximum atomic E-state index is 12.5. The molecule has 1 aromatic carbocycles. The molecule has 0 aliphatic carbocycles. The molecule has 6 heteroatoms. The van der Waals surface area contributed by atoms with Gasteiger partial charge < -0.3 is 15.3 Å². The van der Waals surface area contributed by atoms with Crippen molar-refractivity contribution in [3.63, 3.8) is 0 Å². The van der Waals surface area contributed by atoms with Crippen LogP contribution in [0.25, 0.3) is 0 Å². The van der Waals surface area contributed by atoms with E-state index < -0.39 is 0 Å². The van der Waals surface area contributed by atoms with Gasteiger partial charge in [-0.15, -0.1) is 6.42 Å². The summed E-state index contributed by atoms with van der Waals surface area (Å²) >= 11 is 0. The number of benzene rings is 1. The first-order valence-electron chi connectivity index (χ1n) is 8.48. The molecule has 0 atom stereocenters. The average molecular weight is 343 g/mol. The molecule has 6 nitrogen and oxygen atoms in total. The molecule has 1 saturated heterocycles. The lowest BCUT2D eigenvalue weighted by molar-refractivity contribution is -0.130. The lowest BCUT2D eigenvalue weighted by Crippen LogP contribution is -2.40. The van der Waals surface area contributed by atoms with Crippen LogP contribution in [0.2, 0.25) is 0 Å². The summed E-state index contributed by atoms with van der Waals surface area (Å²) in [6.07, 6.45) is 6.23. The third-order valence-electron chi connectivity index (χ3n) is 4.32. The predicted molar refractivity (Wildman–Crippen MR) is 96.0 cm³/mol. The molecule has 0 bridgehead atoms. The predicted octanol–water partition coefficient (Wildman–Crippen LogP) is 0.527. The van der Waals surface area contributed by atoms with Gasteiger partial charge >= 0.3 is 0 Å². The van der Waals surface area contributed by atoms with Gasteiger partial charge in [-0.1, -0.05) is 18.1 Å². The molecule has 0 aromatic heterocycles. The number of phenolic OH excluding ortho intramolecular Hbond substituents is 1. The van der Waals surface area contributed by atoms with Crippen molar-refractivity contribution < 1.29 is 14.7 Å². The minimum absolute atomic E-state index is 0.0434. The summed E-state index contributed by atoms with van der Waals surface area (Å²) in [6, 6.07) is 5.33. The van der Waals surface area contributed by atoms with E-state index in [0.29, 0.717) is 26.2 Å². The van der Waals surface area contributed by atoms with Crippen molar-refractivity contribution in [2.45, 2.75) is 19.8 Å². The van der Waals surface area contributed by atoms with Gasteiger partial charge in [-0.3, -0.25) is 14.5 Å². The molecule has 1 heterocycles. The molecule has 1 aliphatic heterocycles. The maximum absolute atomic E-state index is 12.5. The van der Waals surface area contributed by atoms with Gasteiger partial charge in [0.05, 0.1) is 19.5 Å². The first kappa shape index (κ1) is 18.8. The van der Waals surface area contributed by atoms with Crippen LogP contribution < -0.4 is 5.32 Å². The summed E-state index contributed by atoms with van der Waals surface area (Å²) in [5, 5.41) is 12.4. The largest absolute Gasteiger partial charge is 0.508 e. The lowest BCUT2D eigenvalue weighted by atomic mass is 10.1. The number of carbonyl (C=O) groups is 2. The normalized spacial score (nSPS) is 15.3. The summed E-state index contributed by atoms with van der Waals surface area (Å²) in [5.41, 5.74) is 1.60. The minimum atomic E-state index is -0.0899. The van der Waals surface area contributed by atoms with Crippen LogP contribution in [-0.4, -0.2) is 66.0 Å². The van der Waals surface area contributed by atoms with Crippen molar-refractivity contribution in [3.05, 3.63) is 29.3 Å². The SMILES string of the molecule is C#CCNC(=O)CN1CCCN(C(=O)Cc2ccc(C)c(O)c2)CC1. The maximum Gasteiger partial charge on any atom is 0.234 e. The first-order chi connectivity index (χ1) is 12.0. The molecule has 0 unspecified atom stereocenters. The van der Waals surface area contributed by atoms with Crippen molar-refractivity contribution in [1.82, 2.24) is 15.1 Å². The summed E-state index contributed by atoms with van der Waals surface area (Å²) in [6.45, 7) is 5.07. The van der Waals surface area contributed by atoms with Gasteiger partial charge in [0.1, 0.15) is 5.75 Å². The number of phenols is 1. The zero-order valence-corrected chi connectivity index (χ0v) is 14.6. The average Bonchev–Trinajstić information content (AvgIpc) is 2.82. The second-order valence-corrected chi connectivity index (χ2v) is 6.29. The van der Waals surface area contributed by atoms with Crippen molar-refractivity contribution >= 4 is 11.8 Å². The number of hydrogen-bond acceptors (Lipinski definition) is 4. The molecule has 1 aliphatic rings. The van der Waals surface area contributed by atoms with Crippen LogP contribution in [0.3, 0.4) is 0 Å². The monoisotopic (exact) mass is 343 g/mol. The molecule has 2 rings (SSSR count). The zero-order chi connectivity index (χ0) is 18.2. The summed E-state index contributed by atoms with van der Waals surface area (Å²) in [7, 11) is 0. The highest BCUT2D eigenvalue weighted by Crippen LogP contribution is 2.18. The highest BCUT2D eigenvalue weighted by atomic mass is 16.3. The Kier molecular flexibility index (Phi) is 6.84. The third-order valence-corrected chi connectivity index (χ3v) is 4.32. The molecule has 0 radical (unpaired) electrons. The van der Waals surface area contributed by atoms with Gasteiger partial charge in [-0.25, -0.2) is 0 Å². The van der Waals surface area contributed by atoms with E-state index in [9.17, 15) is 14.7 Å². The Bertz CT molecular complexity index is 666. The summed E-state index contributed by atoms with van der Waals surface area (Å²) in [5.74, 6) is 2.55. The fourth-order valence-corrected chi connectivity index (χ4v) is 2.84. The van der Waals surface area contributed by atoms with Crippen LogP contribution in [-0.2, 0) is 16.0 Å². The van der Waals surface area contributed by atoms with Crippen molar-refractivity contribution in [2.24, 2.45) is 0 Å². The number of aromatic hydroxyl groups is 1. The van der Waals surface area contributed by atoms with Crippen LogP contribution >= 0.6 is 0 Å². The van der Waals surface area contributed by atoms with Crippen LogP contribution in [0.15, 0.2) is 18.2 Å². The molecule has 0 saturated carbocycles. The minimum Gasteiger partial charge on any atom is -0.508 e. The van der Waals surface area contributed by atoms with Crippen LogP contribution in [0.1, 0.15) is 17.5 Å². The molecular formula is C19H25N3O3. The summed E-state index contributed by atoms with van der Waals surface area (Å²) < 4.78 is 0. The van der Waals surface area contributed by atoms with E-state index in [2.05, 4.69) is 11.2 Å². The van der Waals surface area contributed by atoms with E-state index in [1.807, 2.05) is 28.9 Å². The second-order valence-electron chi connectivity index (χ2n) is 6.29. The number of rotatable bonds is 5. The highest BCUT2D eigenvalue weighted by Gasteiger charge is 2.20. The van der Waals surface area contributed by atoms with E-state index in [1.54, 1.807) is 6.07 Å². The number of terminal acetylenes is 1. The Hall–Kier alpha value is -2.52. The van der Waals surface area contributed by atoms with Gasteiger partial charge in [-0.2, -0.15) is 0 Å². The number of hydrogen-bond donors (Lipinski definition) is 2. The van der Waals surface area contributed by atoms with Crippen molar-refractivity contribution in [1.29, 1.82) is 0 Å². The van der Waals surface area contributed by atoms with E-state index in [0.717, 1.165) is 24.1 Å². The summed E-state index contributed by atoms with van der Waals surface area (Å²) in [4.78, 5) is 28.1. The quantitative estimate of drug-likeness (QED) is 0.765. The number of nitrogens with zero attached hydrogens (tertiary/aromatic N) is 2. The molecule has 1 aromatic rings. The Morgan fingerprint density at radius 1 is 1.28 bits per heavy atom. The van der Waals surface area contributed by atoms with Crippen LogP contribution in [0.4, 0.5) is 0 Å². The first-order valence-corrected chi connectivity index (χ1v) is 8.48. The lowest BCUT2D eigenvalue weighted by Gasteiger charge is -2.22. The fourth-order valence-electron chi connectivity index (χ4n) is 2.84. The van der Waals surface area contributed by atoms with Gasteiger partial charge in [0.2, 0.25) is 11.8 Å². The Morgan fingerprint density at radius 2 is 2.08 bits per heavy atom. The van der Waals surface area contributed by atoms with E-state index in [1.165, 1.54) is 0 Å². The Balaban J connectivity index is 1.85. The van der Waals surface area contributed by atoms with Crippen LogP contribution in [0, 0.1) is 19.3 Å². The molecule has 1 fully saturated rings. The number of carbonyl (C=O) groups excluding carboxylic acids is 2. The standard InChI is InChI=1S/C19H25N3O3/c1-3-7-20-18(24)14-21-8-4-9-22(11-10-21)19(25)13-16-6-5-15(2)17(23)12-16/h1,5-6,12,23H,4,7-11,13-14H2,2H3,(H,20,24). The molecule has 0 spiro atoms. The zero-order valence-electron chi connectivity index (χ0n) is 14.6. The van der Waals surface area contributed by atoms with Gasteiger partial charge in [0.15, 0.2) is 0 Å². The molecular weight excluding hydrogens is 318 g/mol. The van der Waals surface area contributed by atoms with Crippen molar-refractivity contribution in [2.75, 3.05) is 39.3 Å². The molecule has 2 N–H and O–H groups in total. The second kappa shape index (κ2) is 9.09. The Labute approximate surface area is 148 Å². The van der Waals surface area contributed by atoms with Gasteiger partial charge in [0.25, 0.3) is 0 Å². The fraction of sp³-hybridized carbons (Fsp3) is 0.474. The third kappa shape index (κ3) is 5.80. The number of aryl methyl sites for hydroxylation is 1. The number of amides is 2. The van der Waals surface area contributed by atoms with Gasteiger partial charge in [0, 0.05) is 26.2 Å². The molecule has 25 heavy (non-hydrogen) atoms. The van der Waals surface area contributed by atoms with Gasteiger partial charge in [-0.05, 0) is 30.5 Å². The smallest absolute Gasteiger partial charge is 0.234 e. The molecule has 2 amide bonds. The van der Waals surface area contributed by atoms with Crippen molar-refractivity contribution in [3.8, 4) is 18.1 Å². The number of nitrogens with one attached hydrogen (secondary N) is 1. The topological polar surface area (TPSA) is 72.9 Å². The van der Waals surface area contributed by atoms with E-state index in [-0.39, 0.29) is 30.5 Å². The molecule has 134 valence electrons. The Morgan fingerprint density at radius 3 is 2.80 bits per heavy atom. The van der Waals surface area contributed by atoms with E-state index in [4.69, 9.17) is 6.42 Å².